The van der Waals surface area contributed by atoms with Gasteiger partial charge in [0.05, 0.1) is 35.1 Å². The Kier molecular flexibility index (Phi) is 5.18. The number of hydrogen-bond acceptors (Lipinski definition) is 4. The molecule has 21 heavy (non-hydrogen) atoms. The standard InChI is InChI=1S/C14H23BrN6/c1-10-11(8-17-20(10)5)13(16-2)14-12(15)9-18-21(14)7-6-19(3)4/h8-9,13,16H,6-7H2,1-5H3. The third-order valence-corrected chi connectivity index (χ3v) is 4.35. The maximum Gasteiger partial charge on any atom is 0.0790 e. The molecule has 0 saturated carbocycles. The van der Waals surface area contributed by atoms with Crippen molar-refractivity contribution in [2.45, 2.75) is 19.5 Å². The Bertz CT molecular complexity index is 601. The Morgan fingerprint density at radius 1 is 1.33 bits per heavy atom. The molecule has 6 nitrogen and oxygen atoms in total. The SMILES string of the molecule is CNC(c1cnn(C)c1C)c1c(Br)cnn1CCN(C)C. The molecule has 0 radical (unpaired) electrons. The minimum Gasteiger partial charge on any atom is -0.308 e. The highest BCUT2D eigenvalue weighted by molar-refractivity contribution is 9.10. The van der Waals surface area contributed by atoms with Crippen LogP contribution >= 0.6 is 15.9 Å². The van der Waals surface area contributed by atoms with Crippen molar-refractivity contribution in [3.8, 4) is 0 Å². The number of likely N-dealkylation sites (N-methyl/N-ethyl adjacent to an activating group) is 1. The Morgan fingerprint density at radius 2 is 2.05 bits per heavy atom. The molecule has 0 aliphatic heterocycles. The molecule has 0 aliphatic rings. The zero-order valence-electron chi connectivity index (χ0n) is 13.3. The molecule has 2 aromatic heterocycles. The van der Waals surface area contributed by atoms with E-state index in [-0.39, 0.29) is 6.04 Å². The highest BCUT2D eigenvalue weighted by Crippen LogP contribution is 2.29. The van der Waals surface area contributed by atoms with E-state index < -0.39 is 0 Å². The molecule has 1 unspecified atom stereocenters. The van der Waals surface area contributed by atoms with Crippen molar-refractivity contribution in [2.24, 2.45) is 7.05 Å². The average Bonchev–Trinajstić information content (AvgIpc) is 2.96. The third-order valence-electron chi connectivity index (χ3n) is 3.74. The summed E-state index contributed by atoms with van der Waals surface area (Å²) in [6.45, 7) is 3.89. The predicted octanol–water partition coefficient (Wildman–Crippen LogP) is 1.56. The molecule has 0 spiro atoms. The second-order valence-electron chi connectivity index (χ2n) is 5.43. The highest BCUT2D eigenvalue weighted by atomic mass is 79.9. The largest absolute Gasteiger partial charge is 0.308 e. The number of halogens is 1. The first-order valence-corrected chi connectivity index (χ1v) is 7.76. The average molecular weight is 355 g/mol. The second kappa shape index (κ2) is 6.72. The van der Waals surface area contributed by atoms with Gasteiger partial charge in [-0.05, 0) is 44.0 Å². The van der Waals surface area contributed by atoms with Crippen LogP contribution in [0.15, 0.2) is 16.9 Å². The van der Waals surface area contributed by atoms with Crippen LogP contribution < -0.4 is 5.32 Å². The van der Waals surface area contributed by atoms with Gasteiger partial charge in [0.1, 0.15) is 0 Å². The van der Waals surface area contributed by atoms with E-state index in [1.165, 1.54) is 5.56 Å². The molecular weight excluding hydrogens is 332 g/mol. The van der Waals surface area contributed by atoms with Crippen molar-refractivity contribution in [3.63, 3.8) is 0 Å². The summed E-state index contributed by atoms with van der Waals surface area (Å²) in [4.78, 5) is 2.16. The van der Waals surface area contributed by atoms with Gasteiger partial charge in [0.25, 0.3) is 0 Å². The van der Waals surface area contributed by atoms with Crippen LogP contribution in [-0.2, 0) is 13.6 Å². The van der Waals surface area contributed by atoms with Crippen LogP contribution in [0.1, 0.15) is 23.0 Å². The summed E-state index contributed by atoms with van der Waals surface area (Å²) in [5.41, 5.74) is 3.46. The van der Waals surface area contributed by atoms with Crippen molar-refractivity contribution in [1.29, 1.82) is 0 Å². The lowest BCUT2D eigenvalue weighted by atomic mass is 10.0. The zero-order chi connectivity index (χ0) is 15.6. The molecule has 7 heteroatoms. The lowest BCUT2D eigenvalue weighted by Gasteiger charge is -2.20. The van der Waals surface area contributed by atoms with Crippen LogP contribution in [-0.4, -0.2) is 52.1 Å². The highest BCUT2D eigenvalue weighted by Gasteiger charge is 2.23. The van der Waals surface area contributed by atoms with Gasteiger partial charge in [0.15, 0.2) is 0 Å². The van der Waals surface area contributed by atoms with E-state index in [1.807, 2.05) is 31.2 Å². The Balaban J connectivity index is 2.38. The van der Waals surface area contributed by atoms with Crippen LogP contribution in [0.25, 0.3) is 0 Å². The van der Waals surface area contributed by atoms with Crippen molar-refractivity contribution >= 4 is 15.9 Å². The van der Waals surface area contributed by atoms with E-state index in [4.69, 9.17) is 0 Å². The molecule has 2 aromatic rings. The smallest absolute Gasteiger partial charge is 0.0790 e. The molecular formula is C14H23BrN6. The molecule has 116 valence electrons. The van der Waals surface area contributed by atoms with Crippen LogP contribution in [0.4, 0.5) is 0 Å². The summed E-state index contributed by atoms with van der Waals surface area (Å²) in [5.74, 6) is 0. The monoisotopic (exact) mass is 354 g/mol. The minimum absolute atomic E-state index is 0.0673. The number of rotatable bonds is 6. The van der Waals surface area contributed by atoms with E-state index in [2.05, 4.69) is 62.0 Å². The van der Waals surface area contributed by atoms with Gasteiger partial charge >= 0.3 is 0 Å². The quantitative estimate of drug-likeness (QED) is 0.855. The maximum atomic E-state index is 4.49. The van der Waals surface area contributed by atoms with Gasteiger partial charge in [-0.2, -0.15) is 10.2 Å². The number of nitrogens with zero attached hydrogens (tertiary/aromatic N) is 5. The summed E-state index contributed by atoms with van der Waals surface area (Å²) in [7, 11) is 8.06. The van der Waals surface area contributed by atoms with Gasteiger partial charge in [-0.25, -0.2) is 0 Å². The number of aromatic nitrogens is 4. The van der Waals surface area contributed by atoms with Crippen LogP contribution in [0.5, 0.6) is 0 Å². The first kappa shape index (κ1) is 16.2. The van der Waals surface area contributed by atoms with Crippen LogP contribution in [0.2, 0.25) is 0 Å². The molecule has 0 bridgehead atoms. The predicted molar refractivity (Wildman–Crippen MR) is 87.3 cm³/mol. The molecule has 0 amide bonds. The summed E-state index contributed by atoms with van der Waals surface area (Å²) in [5, 5.41) is 12.2. The minimum atomic E-state index is 0.0673. The van der Waals surface area contributed by atoms with Gasteiger partial charge in [-0.1, -0.05) is 0 Å². The van der Waals surface area contributed by atoms with E-state index in [0.29, 0.717) is 0 Å². The molecule has 1 N–H and O–H groups in total. The van der Waals surface area contributed by atoms with E-state index >= 15 is 0 Å². The Labute approximate surface area is 134 Å². The van der Waals surface area contributed by atoms with Crippen molar-refractivity contribution in [1.82, 2.24) is 29.8 Å². The fourth-order valence-corrected chi connectivity index (χ4v) is 2.90. The first-order chi connectivity index (χ1) is 9.95. The van der Waals surface area contributed by atoms with Crippen LogP contribution in [0.3, 0.4) is 0 Å². The van der Waals surface area contributed by atoms with Gasteiger partial charge in [0, 0.05) is 24.8 Å². The fraction of sp³-hybridized carbons (Fsp3) is 0.571. The third kappa shape index (κ3) is 3.36. The molecule has 0 saturated heterocycles. The first-order valence-electron chi connectivity index (χ1n) is 6.97. The summed E-state index contributed by atoms with van der Waals surface area (Å²) in [6, 6.07) is 0.0673. The molecule has 1 atom stereocenters. The summed E-state index contributed by atoms with van der Waals surface area (Å²) >= 11 is 3.63. The summed E-state index contributed by atoms with van der Waals surface area (Å²) in [6.07, 6.45) is 3.78. The van der Waals surface area contributed by atoms with Gasteiger partial charge in [-0.3, -0.25) is 9.36 Å². The fourth-order valence-electron chi connectivity index (χ4n) is 2.37. The second-order valence-corrected chi connectivity index (χ2v) is 6.29. The maximum absolute atomic E-state index is 4.49. The van der Waals surface area contributed by atoms with Crippen molar-refractivity contribution < 1.29 is 0 Å². The molecule has 0 aliphatic carbocycles. The molecule has 0 fully saturated rings. The number of aryl methyl sites for hydroxylation is 1. The Hall–Kier alpha value is -1.18. The van der Waals surface area contributed by atoms with E-state index in [0.717, 1.165) is 29.0 Å². The van der Waals surface area contributed by atoms with Gasteiger partial charge in [-0.15, -0.1) is 0 Å². The normalized spacial score (nSPS) is 13.1. The molecule has 0 aromatic carbocycles. The van der Waals surface area contributed by atoms with Crippen molar-refractivity contribution in [2.75, 3.05) is 27.7 Å². The number of hydrogen-bond donors (Lipinski definition) is 1. The van der Waals surface area contributed by atoms with Crippen molar-refractivity contribution in [3.05, 3.63) is 33.8 Å². The van der Waals surface area contributed by atoms with Crippen LogP contribution in [0, 0.1) is 6.92 Å². The van der Waals surface area contributed by atoms with Gasteiger partial charge in [0.2, 0.25) is 0 Å². The zero-order valence-corrected chi connectivity index (χ0v) is 14.8. The number of nitrogens with one attached hydrogen (secondary N) is 1. The lowest BCUT2D eigenvalue weighted by molar-refractivity contribution is 0.366. The molecule has 2 rings (SSSR count). The van der Waals surface area contributed by atoms with Gasteiger partial charge < -0.3 is 10.2 Å². The topological polar surface area (TPSA) is 50.9 Å². The molecule has 2 heterocycles. The lowest BCUT2D eigenvalue weighted by Crippen LogP contribution is -2.25. The summed E-state index contributed by atoms with van der Waals surface area (Å²) < 4.78 is 4.97. The van der Waals surface area contributed by atoms with E-state index in [1.54, 1.807) is 0 Å². The Morgan fingerprint density at radius 3 is 2.57 bits per heavy atom. The van der Waals surface area contributed by atoms with E-state index in [9.17, 15) is 0 Å².